The third kappa shape index (κ3) is 4.78. The second kappa shape index (κ2) is 8.84. The molecule has 2 aromatic rings. The molecule has 4 N–H and O–H groups in total. The van der Waals surface area contributed by atoms with Gasteiger partial charge in [0, 0.05) is 17.7 Å². The number of hydrogen-bond acceptors (Lipinski definition) is 6. The highest BCUT2D eigenvalue weighted by Crippen LogP contribution is 2.24. The molecule has 1 heterocycles. The van der Waals surface area contributed by atoms with E-state index in [1.54, 1.807) is 30.3 Å². The normalized spacial score (nSPS) is 23.2. The van der Waals surface area contributed by atoms with Crippen molar-refractivity contribution < 1.29 is 24.5 Å². The molecular formula is C21H21N3O5. The molecule has 2 aromatic carbocycles. The van der Waals surface area contributed by atoms with Gasteiger partial charge < -0.3 is 25.6 Å². The minimum absolute atomic E-state index is 0.0189. The summed E-state index contributed by atoms with van der Waals surface area (Å²) >= 11 is 0. The van der Waals surface area contributed by atoms with Crippen molar-refractivity contribution in [1.29, 1.82) is 5.26 Å². The molecule has 8 nitrogen and oxygen atoms in total. The van der Waals surface area contributed by atoms with E-state index in [9.17, 15) is 19.8 Å². The molecule has 0 bridgehead atoms. The smallest absolute Gasteiger partial charge is 0.251 e. The van der Waals surface area contributed by atoms with Gasteiger partial charge in [-0.25, -0.2) is 0 Å². The van der Waals surface area contributed by atoms with E-state index in [1.165, 1.54) is 24.3 Å². The van der Waals surface area contributed by atoms with E-state index in [-0.39, 0.29) is 25.6 Å². The van der Waals surface area contributed by atoms with Gasteiger partial charge in [0.15, 0.2) is 0 Å². The molecule has 1 fully saturated rings. The standard InChI is InChI=1S/C21H21N3O5/c22-10-14-6-8-16(9-7-14)19(26)23-11-17-18(25)21(28,13-29-17)12-24-20(27)15-4-2-1-3-5-15/h1-9,17-18,25,28H,11-13H2,(H,23,26)(H,24,27)/t17-,18-,21+/m1/s1. The molecule has 0 spiro atoms. The largest absolute Gasteiger partial charge is 0.387 e. The van der Waals surface area contributed by atoms with Gasteiger partial charge in [0.05, 0.1) is 24.8 Å². The second-order valence-corrected chi connectivity index (χ2v) is 6.85. The van der Waals surface area contributed by atoms with Crippen LogP contribution in [0, 0.1) is 11.3 Å². The molecule has 2 amide bonds. The fraction of sp³-hybridized carbons (Fsp3) is 0.286. The first-order valence-corrected chi connectivity index (χ1v) is 9.06. The van der Waals surface area contributed by atoms with Crippen molar-refractivity contribution in [2.24, 2.45) is 0 Å². The quantitative estimate of drug-likeness (QED) is 0.553. The number of aliphatic hydroxyl groups excluding tert-OH is 1. The molecule has 3 rings (SSSR count). The number of ether oxygens (including phenoxy) is 1. The van der Waals surface area contributed by atoms with Crippen LogP contribution in [0.1, 0.15) is 26.3 Å². The number of carbonyl (C=O) groups excluding carboxylic acids is 2. The van der Waals surface area contributed by atoms with Crippen molar-refractivity contribution in [3.05, 3.63) is 71.3 Å². The first-order chi connectivity index (χ1) is 13.9. The lowest BCUT2D eigenvalue weighted by molar-refractivity contribution is -0.0464. The van der Waals surface area contributed by atoms with E-state index < -0.39 is 23.7 Å². The number of nitriles is 1. The predicted molar refractivity (Wildman–Crippen MR) is 103 cm³/mol. The third-order valence-corrected chi connectivity index (χ3v) is 4.78. The van der Waals surface area contributed by atoms with Gasteiger partial charge in [-0.05, 0) is 36.4 Å². The Balaban J connectivity index is 1.51. The Morgan fingerprint density at radius 2 is 1.69 bits per heavy atom. The highest BCUT2D eigenvalue weighted by Gasteiger charge is 2.48. The molecule has 0 unspecified atom stereocenters. The van der Waals surface area contributed by atoms with Crippen LogP contribution >= 0.6 is 0 Å². The van der Waals surface area contributed by atoms with Crippen LogP contribution in [0.2, 0.25) is 0 Å². The van der Waals surface area contributed by atoms with Crippen molar-refractivity contribution in [2.45, 2.75) is 17.8 Å². The molecule has 1 saturated heterocycles. The first kappa shape index (κ1) is 20.5. The highest BCUT2D eigenvalue weighted by molar-refractivity contribution is 5.94. The molecule has 1 aliphatic heterocycles. The van der Waals surface area contributed by atoms with Crippen molar-refractivity contribution in [1.82, 2.24) is 10.6 Å². The Hall–Kier alpha value is -3.25. The Morgan fingerprint density at radius 3 is 2.34 bits per heavy atom. The van der Waals surface area contributed by atoms with Crippen molar-refractivity contribution >= 4 is 11.8 Å². The Kier molecular flexibility index (Phi) is 6.24. The number of nitrogens with zero attached hydrogens (tertiary/aromatic N) is 1. The molecule has 0 saturated carbocycles. The Bertz CT molecular complexity index is 910. The molecule has 3 atom stereocenters. The lowest BCUT2D eigenvalue weighted by Gasteiger charge is -2.26. The minimum Gasteiger partial charge on any atom is -0.387 e. The number of rotatable bonds is 6. The van der Waals surface area contributed by atoms with Gasteiger partial charge in [-0.15, -0.1) is 0 Å². The lowest BCUT2D eigenvalue weighted by Crippen LogP contribution is -2.53. The van der Waals surface area contributed by atoms with Crippen LogP contribution in [0.3, 0.4) is 0 Å². The summed E-state index contributed by atoms with van der Waals surface area (Å²) in [6.07, 6.45) is -2.12. The lowest BCUT2D eigenvalue weighted by atomic mass is 9.96. The number of amides is 2. The van der Waals surface area contributed by atoms with Crippen LogP contribution in [-0.4, -0.2) is 59.5 Å². The van der Waals surface area contributed by atoms with Crippen molar-refractivity contribution in [2.75, 3.05) is 19.7 Å². The van der Waals surface area contributed by atoms with E-state index >= 15 is 0 Å². The highest BCUT2D eigenvalue weighted by atomic mass is 16.5. The summed E-state index contributed by atoms with van der Waals surface area (Å²) in [6, 6.07) is 16.6. The van der Waals surface area contributed by atoms with Gasteiger partial charge in [0.25, 0.3) is 11.8 Å². The summed E-state index contributed by atoms with van der Waals surface area (Å²) in [6.45, 7) is -0.391. The van der Waals surface area contributed by atoms with Gasteiger partial charge in [0.2, 0.25) is 0 Å². The maximum atomic E-state index is 12.2. The SMILES string of the molecule is N#Cc1ccc(C(=O)NC[C@H]2OC[C@@](O)(CNC(=O)c3ccccc3)[C@@H]2O)cc1. The number of nitrogens with one attached hydrogen (secondary N) is 2. The van der Waals surface area contributed by atoms with E-state index in [2.05, 4.69) is 10.6 Å². The summed E-state index contributed by atoms with van der Waals surface area (Å²) in [5.41, 5.74) is -0.412. The van der Waals surface area contributed by atoms with Crippen LogP contribution in [-0.2, 0) is 4.74 Å². The number of carbonyl (C=O) groups is 2. The number of hydrogen-bond donors (Lipinski definition) is 4. The molecule has 29 heavy (non-hydrogen) atoms. The van der Waals surface area contributed by atoms with Crippen LogP contribution in [0.5, 0.6) is 0 Å². The minimum atomic E-state index is -1.66. The van der Waals surface area contributed by atoms with E-state index in [4.69, 9.17) is 10.00 Å². The van der Waals surface area contributed by atoms with Crippen molar-refractivity contribution in [3.8, 4) is 6.07 Å². The number of aliphatic hydroxyl groups is 2. The average Bonchev–Trinajstić information content (AvgIpc) is 3.05. The summed E-state index contributed by atoms with van der Waals surface area (Å²) in [7, 11) is 0. The van der Waals surface area contributed by atoms with Crippen molar-refractivity contribution in [3.63, 3.8) is 0 Å². The van der Waals surface area contributed by atoms with Gasteiger partial charge >= 0.3 is 0 Å². The monoisotopic (exact) mass is 395 g/mol. The third-order valence-electron chi connectivity index (χ3n) is 4.78. The van der Waals surface area contributed by atoms with Crippen LogP contribution in [0.25, 0.3) is 0 Å². The zero-order chi connectivity index (χ0) is 20.9. The topological polar surface area (TPSA) is 132 Å². The summed E-state index contributed by atoms with van der Waals surface area (Å²) < 4.78 is 5.43. The number of benzene rings is 2. The predicted octanol–water partition coefficient (Wildman–Crippen LogP) is 0.209. The maximum Gasteiger partial charge on any atom is 0.251 e. The molecule has 1 aliphatic rings. The van der Waals surface area contributed by atoms with Gasteiger partial charge in [-0.2, -0.15) is 5.26 Å². The van der Waals surface area contributed by atoms with E-state index in [0.717, 1.165) is 0 Å². The molecule has 150 valence electrons. The first-order valence-electron chi connectivity index (χ1n) is 9.06. The fourth-order valence-electron chi connectivity index (χ4n) is 3.02. The van der Waals surface area contributed by atoms with E-state index in [1.807, 2.05) is 6.07 Å². The van der Waals surface area contributed by atoms with Gasteiger partial charge in [0.1, 0.15) is 17.8 Å². The maximum absolute atomic E-state index is 12.2. The van der Waals surface area contributed by atoms with Crippen LogP contribution in [0.4, 0.5) is 0 Å². The molecule has 8 heteroatoms. The Labute approximate surface area is 167 Å². The van der Waals surface area contributed by atoms with Crippen LogP contribution < -0.4 is 10.6 Å². The summed E-state index contributed by atoms with van der Waals surface area (Å²) in [5.74, 6) is -0.762. The molecule has 0 radical (unpaired) electrons. The molecule has 0 aromatic heterocycles. The average molecular weight is 395 g/mol. The molecular weight excluding hydrogens is 374 g/mol. The van der Waals surface area contributed by atoms with E-state index in [0.29, 0.717) is 16.7 Å². The fourth-order valence-corrected chi connectivity index (χ4v) is 3.02. The van der Waals surface area contributed by atoms with Gasteiger partial charge in [-0.1, -0.05) is 18.2 Å². The Morgan fingerprint density at radius 1 is 1.07 bits per heavy atom. The zero-order valence-corrected chi connectivity index (χ0v) is 15.5. The summed E-state index contributed by atoms with van der Waals surface area (Å²) in [4.78, 5) is 24.3. The van der Waals surface area contributed by atoms with Crippen LogP contribution in [0.15, 0.2) is 54.6 Å². The molecule has 0 aliphatic carbocycles. The summed E-state index contributed by atoms with van der Waals surface area (Å²) in [5, 5.41) is 35.1. The second-order valence-electron chi connectivity index (χ2n) is 6.85. The zero-order valence-electron chi connectivity index (χ0n) is 15.5. The van der Waals surface area contributed by atoms with Gasteiger partial charge in [-0.3, -0.25) is 9.59 Å².